The largest absolute Gasteiger partial charge is 0.489 e. The van der Waals surface area contributed by atoms with Crippen LogP contribution in [0.3, 0.4) is 0 Å². The van der Waals surface area contributed by atoms with Gasteiger partial charge in [-0.2, -0.15) is 0 Å². The fourth-order valence-corrected chi connectivity index (χ4v) is 3.65. The minimum atomic E-state index is -0.909. The number of amides is 2. The first-order valence-electron chi connectivity index (χ1n) is 10.1. The van der Waals surface area contributed by atoms with Crippen LogP contribution in [0, 0.1) is 0 Å². The molecule has 1 atom stereocenters. The lowest BCUT2D eigenvalue weighted by Gasteiger charge is -2.20. The molecule has 2 heterocycles. The molecule has 0 unspecified atom stereocenters. The third-order valence-corrected chi connectivity index (χ3v) is 5.35. The van der Waals surface area contributed by atoms with Crippen molar-refractivity contribution in [2.24, 2.45) is 0 Å². The summed E-state index contributed by atoms with van der Waals surface area (Å²) in [7, 11) is 1.59. The summed E-state index contributed by atoms with van der Waals surface area (Å²) in [4.78, 5) is 37.9. The third-order valence-electron chi connectivity index (χ3n) is 5.22. The number of aromatic nitrogens is 1. The molecule has 0 saturated heterocycles. The molecule has 3 aromatic rings. The van der Waals surface area contributed by atoms with Gasteiger partial charge in [-0.15, -0.1) is 0 Å². The van der Waals surface area contributed by atoms with Crippen molar-refractivity contribution >= 4 is 40.0 Å². The smallest absolute Gasteiger partial charge is 0.274 e. The van der Waals surface area contributed by atoms with Gasteiger partial charge in [0.15, 0.2) is 5.69 Å². The number of nitrogen functional groups attached to an aromatic ring is 1. The number of rotatable bonds is 6. The Bertz CT molecular complexity index is 1210. The molecule has 2 amide bonds. The quantitative estimate of drug-likeness (QED) is 0.419. The number of carbonyl (C=O) groups is 3. The number of nitrogens with one attached hydrogen (secondary N) is 1. The number of hydrogen-bond acceptors (Lipinski definition) is 7. The van der Waals surface area contributed by atoms with Crippen molar-refractivity contribution in [3.05, 3.63) is 71.1 Å². The highest BCUT2D eigenvalue weighted by Crippen LogP contribution is 2.32. The molecule has 0 saturated carbocycles. The van der Waals surface area contributed by atoms with Gasteiger partial charge in [-0.1, -0.05) is 29.4 Å². The van der Waals surface area contributed by atoms with Crippen LogP contribution in [0.15, 0.2) is 53.1 Å². The highest BCUT2D eigenvalue weighted by Gasteiger charge is 2.31. The van der Waals surface area contributed by atoms with Crippen molar-refractivity contribution in [2.45, 2.75) is 18.9 Å². The van der Waals surface area contributed by atoms with Crippen LogP contribution in [0.2, 0.25) is 0 Å². The molecule has 2 aromatic carbocycles. The number of anilines is 2. The molecule has 4 rings (SSSR count). The molecule has 33 heavy (non-hydrogen) atoms. The number of fused-ring (bicyclic) bond motifs is 1. The van der Waals surface area contributed by atoms with Crippen LogP contribution in [0.5, 0.6) is 5.75 Å². The molecule has 0 radical (unpaired) electrons. The molecule has 3 N–H and O–H groups in total. The van der Waals surface area contributed by atoms with E-state index in [1.165, 1.54) is 11.0 Å². The first-order chi connectivity index (χ1) is 15.8. The van der Waals surface area contributed by atoms with Gasteiger partial charge in [0.2, 0.25) is 5.24 Å². The SMILES string of the molecule is CN1C(=O)[C@@H](NC(=O)c2cc(Cc3ccc(CC(=O)Cl)cc3)on2)COc2ccc(N)cc21. The lowest BCUT2D eigenvalue weighted by atomic mass is 10.1. The number of halogens is 1. The Hall–Kier alpha value is -3.85. The average molecular weight is 469 g/mol. The Morgan fingerprint density at radius 3 is 2.64 bits per heavy atom. The van der Waals surface area contributed by atoms with Gasteiger partial charge in [-0.25, -0.2) is 0 Å². The van der Waals surface area contributed by atoms with Gasteiger partial charge < -0.3 is 25.2 Å². The minimum Gasteiger partial charge on any atom is -0.489 e. The molecule has 10 heteroatoms. The number of nitrogens with two attached hydrogens (primary N) is 1. The van der Waals surface area contributed by atoms with Crippen LogP contribution < -0.4 is 20.7 Å². The summed E-state index contributed by atoms with van der Waals surface area (Å²) in [5.41, 5.74) is 8.61. The van der Waals surface area contributed by atoms with E-state index < -0.39 is 17.2 Å². The van der Waals surface area contributed by atoms with Crippen LogP contribution in [-0.2, 0) is 22.4 Å². The van der Waals surface area contributed by atoms with Crippen molar-refractivity contribution in [3.8, 4) is 5.75 Å². The third kappa shape index (κ3) is 5.15. The number of nitrogens with zero attached hydrogens (tertiary/aromatic N) is 2. The van der Waals surface area contributed by atoms with E-state index >= 15 is 0 Å². The molecule has 9 nitrogen and oxygen atoms in total. The zero-order valence-corrected chi connectivity index (χ0v) is 18.5. The maximum atomic E-state index is 12.8. The second kappa shape index (κ2) is 9.33. The molecule has 0 fully saturated rings. The normalized spacial score (nSPS) is 15.4. The summed E-state index contributed by atoms with van der Waals surface area (Å²) in [6.45, 7) is -0.0340. The van der Waals surface area contributed by atoms with E-state index in [0.717, 1.165) is 11.1 Å². The molecule has 0 bridgehead atoms. The van der Waals surface area contributed by atoms with Crippen LogP contribution in [0.1, 0.15) is 27.4 Å². The molecule has 1 aliphatic rings. The van der Waals surface area contributed by atoms with Gasteiger partial charge in [0.1, 0.15) is 24.2 Å². The van der Waals surface area contributed by atoms with Gasteiger partial charge in [-0.3, -0.25) is 14.4 Å². The van der Waals surface area contributed by atoms with E-state index in [-0.39, 0.29) is 24.6 Å². The lowest BCUT2D eigenvalue weighted by Crippen LogP contribution is -2.49. The Labute approximate surface area is 194 Å². The van der Waals surface area contributed by atoms with Crippen molar-refractivity contribution in [2.75, 3.05) is 24.3 Å². The number of hydrogen-bond donors (Lipinski definition) is 2. The van der Waals surface area contributed by atoms with Gasteiger partial charge in [0, 0.05) is 31.6 Å². The molecule has 1 aliphatic heterocycles. The highest BCUT2D eigenvalue weighted by atomic mass is 35.5. The van der Waals surface area contributed by atoms with E-state index in [1.54, 1.807) is 37.4 Å². The molecule has 1 aromatic heterocycles. The summed E-state index contributed by atoms with van der Waals surface area (Å²) in [5.74, 6) is 0.0837. The van der Waals surface area contributed by atoms with Gasteiger partial charge in [0.25, 0.3) is 11.8 Å². The van der Waals surface area contributed by atoms with E-state index in [1.807, 2.05) is 12.1 Å². The topological polar surface area (TPSA) is 128 Å². The number of likely N-dealkylation sites (N-methyl/N-ethyl adjacent to an activating group) is 1. The fourth-order valence-electron chi connectivity index (χ4n) is 3.49. The van der Waals surface area contributed by atoms with Crippen LogP contribution >= 0.6 is 11.6 Å². The maximum absolute atomic E-state index is 12.8. The summed E-state index contributed by atoms with van der Waals surface area (Å²) in [5, 5.41) is 6.05. The summed E-state index contributed by atoms with van der Waals surface area (Å²) >= 11 is 5.40. The molecule has 0 spiro atoms. The second-order valence-electron chi connectivity index (χ2n) is 7.67. The summed E-state index contributed by atoms with van der Waals surface area (Å²) in [6.07, 6.45) is 0.562. The Morgan fingerprint density at radius 2 is 1.91 bits per heavy atom. The Kier molecular flexibility index (Phi) is 6.32. The predicted molar refractivity (Wildman–Crippen MR) is 121 cm³/mol. The standard InChI is InChI=1S/C23H21ClN4O5/c1-28-19-10-15(25)6-7-20(19)32-12-18(23(28)31)26-22(30)17-11-16(33-27-17)8-13-2-4-14(5-3-13)9-21(24)29/h2-7,10-11,18H,8-9,12,25H2,1H3,(H,26,30)/t18-/m0/s1. The number of carbonyl (C=O) groups excluding carboxylic acids is 3. The first-order valence-corrected chi connectivity index (χ1v) is 10.5. The van der Waals surface area contributed by atoms with Crippen molar-refractivity contribution in [1.82, 2.24) is 10.5 Å². The van der Waals surface area contributed by atoms with Gasteiger partial charge in [0.05, 0.1) is 5.69 Å². The average Bonchev–Trinajstić information content (AvgIpc) is 3.21. The lowest BCUT2D eigenvalue weighted by molar-refractivity contribution is -0.120. The van der Waals surface area contributed by atoms with Crippen molar-refractivity contribution < 1.29 is 23.6 Å². The van der Waals surface area contributed by atoms with E-state index in [4.69, 9.17) is 26.6 Å². The molecule has 170 valence electrons. The van der Waals surface area contributed by atoms with E-state index in [2.05, 4.69) is 10.5 Å². The van der Waals surface area contributed by atoms with Gasteiger partial charge >= 0.3 is 0 Å². The van der Waals surface area contributed by atoms with Crippen LogP contribution in [0.25, 0.3) is 0 Å². The van der Waals surface area contributed by atoms with Crippen molar-refractivity contribution in [1.29, 1.82) is 0 Å². The summed E-state index contributed by atoms with van der Waals surface area (Å²) < 4.78 is 11.0. The van der Waals surface area contributed by atoms with Crippen LogP contribution in [-0.4, -0.2) is 41.9 Å². The molecule has 0 aliphatic carbocycles. The zero-order valence-electron chi connectivity index (χ0n) is 17.7. The highest BCUT2D eigenvalue weighted by molar-refractivity contribution is 6.63. The minimum absolute atomic E-state index is 0.0340. The number of ether oxygens (including phenoxy) is 1. The first kappa shape index (κ1) is 22.3. The predicted octanol–water partition coefficient (Wildman–Crippen LogP) is 2.31. The summed E-state index contributed by atoms with van der Waals surface area (Å²) in [6, 6.07) is 12.9. The monoisotopic (exact) mass is 468 g/mol. The Morgan fingerprint density at radius 1 is 1.18 bits per heavy atom. The molecular weight excluding hydrogens is 448 g/mol. The fraction of sp³-hybridized carbons (Fsp3) is 0.217. The van der Waals surface area contributed by atoms with E-state index in [9.17, 15) is 14.4 Å². The van der Waals surface area contributed by atoms with Gasteiger partial charge in [-0.05, 0) is 40.9 Å². The number of benzene rings is 2. The Balaban J connectivity index is 1.40. The second-order valence-corrected chi connectivity index (χ2v) is 8.09. The van der Waals surface area contributed by atoms with E-state index in [0.29, 0.717) is 29.3 Å². The zero-order chi connectivity index (χ0) is 23.5. The van der Waals surface area contributed by atoms with Crippen LogP contribution in [0.4, 0.5) is 11.4 Å². The van der Waals surface area contributed by atoms with Crippen molar-refractivity contribution in [3.63, 3.8) is 0 Å². The maximum Gasteiger partial charge on any atom is 0.274 e. The molecular formula is C23H21ClN4O5.